The van der Waals surface area contributed by atoms with Crippen LogP contribution in [0.4, 0.5) is 5.00 Å². The zero-order chi connectivity index (χ0) is 16.7. The van der Waals surface area contributed by atoms with Crippen LogP contribution in [0.25, 0.3) is 6.08 Å². The molecule has 0 aliphatic carbocycles. The summed E-state index contributed by atoms with van der Waals surface area (Å²) in [6, 6.07) is 10.7. The van der Waals surface area contributed by atoms with Crippen LogP contribution in [-0.2, 0) is 14.3 Å². The third kappa shape index (κ3) is 5.08. The Bertz CT molecular complexity index is 738. The molecule has 0 saturated carbocycles. The molecule has 0 radical (unpaired) electrons. The van der Waals surface area contributed by atoms with Crippen LogP contribution >= 0.6 is 11.3 Å². The fourth-order valence-electron chi connectivity index (χ4n) is 1.68. The van der Waals surface area contributed by atoms with E-state index < -0.39 is 24.4 Å². The summed E-state index contributed by atoms with van der Waals surface area (Å²) < 4.78 is 4.83. The van der Waals surface area contributed by atoms with Crippen LogP contribution in [0.15, 0.2) is 47.9 Å². The lowest BCUT2D eigenvalue weighted by atomic mass is 10.2. The van der Waals surface area contributed by atoms with Crippen molar-refractivity contribution in [2.24, 2.45) is 5.73 Å². The van der Waals surface area contributed by atoms with Crippen molar-refractivity contribution in [2.75, 3.05) is 11.9 Å². The number of thiophene rings is 1. The van der Waals surface area contributed by atoms with E-state index in [1.165, 1.54) is 12.1 Å². The molecular weight excluding hydrogens is 316 g/mol. The largest absolute Gasteiger partial charge is 0.452 e. The number of nitrogens with one attached hydrogen (secondary N) is 1. The summed E-state index contributed by atoms with van der Waals surface area (Å²) in [7, 11) is 0. The van der Waals surface area contributed by atoms with Gasteiger partial charge in [0.1, 0.15) is 5.00 Å². The Kier molecular flexibility index (Phi) is 5.65. The Morgan fingerprint density at radius 2 is 1.91 bits per heavy atom. The number of esters is 1. The highest BCUT2D eigenvalue weighted by Gasteiger charge is 2.13. The lowest BCUT2D eigenvalue weighted by molar-refractivity contribution is -0.142. The van der Waals surface area contributed by atoms with Gasteiger partial charge in [-0.05, 0) is 23.1 Å². The van der Waals surface area contributed by atoms with Gasteiger partial charge >= 0.3 is 5.97 Å². The number of benzene rings is 1. The Morgan fingerprint density at radius 3 is 2.61 bits per heavy atom. The van der Waals surface area contributed by atoms with Crippen LogP contribution in [0.2, 0.25) is 0 Å². The van der Waals surface area contributed by atoms with Crippen molar-refractivity contribution in [2.45, 2.75) is 0 Å². The lowest BCUT2D eigenvalue weighted by Crippen LogP contribution is -2.21. The van der Waals surface area contributed by atoms with Crippen molar-refractivity contribution in [1.82, 2.24) is 0 Å². The van der Waals surface area contributed by atoms with E-state index in [0.717, 1.165) is 16.9 Å². The molecule has 1 heterocycles. The van der Waals surface area contributed by atoms with E-state index in [1.54, 1.807) is 11.5 Å². The summed E-state index contributed by atoms with van der Waals surface area (Å²) in [4.78, 5) is 34.4. The van der Waals surface area contributed by atoms with E-state index in [0.29, 0.717) is 5.00 Å². The highest BCUT2D eigenvalue weighted by molar-refractivity contribution is 7.14. The summed E-state index contributed by atoms with van der Waals surface area (Å²) in [5.41, 5.74) is 6.24. The van der Waals surface area contributed by atoms with E-state index in [2.05, 4.69) is 5.32 Å². The Balaban J connectivity index is 1.82. The summed E-state index contributed by atoms with van der Waals surface area (Å²) in [6.07, 6.45) is 2.83. The van der Waals surface area contributed by atoms with E-state index in [9.17, 15) is 14.4 Å². The molecule has 0 aliphatic heterocycles. The third-order valence-electron chi connectivity index (χ3n) is 2.74. The molecule has 0 fully saturated rings. The smallest absolute Gasteiger partial charge is 0.331 e. The van der Waals surface area contributed by atoms with Gasteiger partial charge in [0.15, 0.2) is 6.61 Å². The van der Waals surface area contributed by atoms with Gasteiger partial charge in [-0.25, -0.2) is 4.79 Å². The summed E-state index contributed by atoms with van der Waals surface area (Å²) in [5.74, 6) is -1.81. The average Bonchev–Trinajstić information content (AvgIpc) is 3.00. The highest BCUT2D eigenvalue weighted by Crippen LogP contribution is 2.22. The summed E-state index contributed by atoms with van der Waals surface area (Å²) in [6.45, 7) is -0.450. The highest BCUT2D eigenvalue weighted by atomic mass is 32.1. The molecule has 0 bridgehead atoms. The molecule has 23 heavy (non-hydrogen) atoms. The Morgan fingerprint density at radius 1 is 1.17 bits per heavy atom. The van der Waals surface area contributed by atoms with Gasteiger partial charge in [-0.2, -0.15) is 0 Å². The van der Waals surface area contributed by atoms with Gasteiger partial charge in [-0.1, -0.05) is 30.3 Å². The average molecular weight is 330 g/mol. The van der Waals surface area contributed by atoms with Crippen LogP contribution in [0.5, 0.6) is 0 Å². The third-order valence-corrected chi connectivity index (χ3v) is 3.57. The van der Waals surface area contributed by atoms with Gasteiger partial charge in [-0.3, -0.25) is 9.59 Å². The topological polar surface area (TPSA) is 98.5 Å². The zero-order valence-corrected chi connectivity index (χ0v) is 12.8. The molecular formula is C16H14N2O4S. The first-order valence-electron chi connectivity index (χ1n) is 6.63. The van der Waals surface area contributed by atoms with Crippen molar-refractivity contribution in [3.63, 3.8) is 0 Å². The standard InChI is InChI=1S/C16H14N2O4S/c17-15(21)12-8-9-23-16(12)18-13(19)10-22-14(20)7-6-11-4-2-1-3-5-11/h1-9H,10H2,(H2,17,21)(H,18,19). The molecule has 6 nitrogen and oxygen atoms in total. The van der Waals surface area contributed by atoms with Crippen LogP contribution < -0.4 is 11.1 Å². The molecule has 0 spiro atoms. The van der Waals surface area contributed by atoms with E-state index in [4.69, 9.17) is 10.5 Å². The minimum Gasteiger partial charge on any atom is -0.452 e. The molecule has 118 valence electrons. The Hall–Kier alpha value is -2.93. The maximum Gasteiger partial charge on any atom is 0.331 e. The quantitative estimate of drug-likeness (QED) is 0.625. The fraction of sp³-hybridized carbons (Fsp3) is 0.0625. The molecule has 1 aromatic carbocycles. The molecule has 2 rings (SSSR count). The first-order valence-corrected chi connectivity index (χ1v) is 7.51. The molecule has 7 heteroatoms. The van der Waals surface area contributed by atoms with Crippen LogP contribution in [0.3, 0.4) is 0 Å². The van der Waals surface area contributed by atoms with Crippen molar-refractivity contribution in [3.05, 3.63) is 59.0 Å². The van der Waals surface area contributed by atoms with Crippen molar-refractivity contribution < 1.29 is 19.1 Å². The summed E-state index contributed by atoms with van der Waals surface area (Å²) >= 11 is 1.16. The van der Waals surface area contributed by atoms with Crippen LogP contribution in [-0.4, -0.2) is 24.4 Å². The number of primary amides is 1. The lowest BCUT2D eigenvalue weighted by Gasteiger charge is -2.04. The van der Waals surface area contributed by atoms with Gasteiger partial charge in [0, 0.05) is 6.08 Å². The van der Waals surface area contributed by atoms with Crippen molar-refractivity contribution >= 4 is 40.2 Å². The van der Waals surface area contributed by atoms with Crippen LogP contribution in [0.1, 0.15) is 15.9 Å². The number of rotatable bonds is 6. The van der Waals surface area contributed by atoms with E-state index >= 15 is 0 Å². The predicted molar refractivity (Wildman–Crippen MR) is 87.9 cm³/mol. The minimum atomic E-state index is -0.635. The van der Waals surface area contributed by atoms with Crippen molar-refractivity contribution in [1.29, 1.82) is 0 Å². The van der Waals surface area contributed by atoms with Crippen molar-refractivity contribution in [3.8, 4) is 0 Å². The zero-order valence-electron chi connectivity index (χ0n) is 12.0. The fourth-order valence-corrected chi connectivity index (χ4v) is 2.48. The number of hydrogen-bond acceptors (Lipinski definition) is 5. The van der Waals surface area contributed by atoms with Crippen LogP contribution in [0, 0.1) is 0 Å². The number of anilines is 1. The number of carbonyl (C=O) groups is 3. The number of nitrogens with two attached hydrogens (primary N) is 1. The molecule has 1 aromatic heterocycles. The monoisotopic (exact) mass is 330 g/mol. The van der Waals surface area contributed by atoms with E-state index in [-0.39, 0.29) is 5.56 Å². The maximum atomic E-state index is 11.7. The Labute approximate surface area is 136 Å². The molecule has 0 saturated heterocycles. The maximum absolute atomic E-state index is 11.7. The normalized spacial score (nSPS) is 10.4. The van der Waals surface area contributed by atoms with E-state index in [1.807, 2.05) is 30.3 Å². The number of hydrogen-bond donors (Lipinski definition) is 2. The minimum absolute atomic E-state index is 0.221. The van der Waals surface area contributed by atoms with Gasteiger partial charge in [-0.15, -0.1) is 11.3 Å². The number of carbonyl (C=O) groups excluding carboxylic acids is 3. The molecule has 2 amide bonds. The molecule has 0 aliphatic rings. The SMILES string of the molecule is NC(=O)c1ccsc1NC(=O)COC(=O)C=Cc1ccccc1. The second kappa shape index (κ2) is 7.90. The first-order chi connectivity index (χ1) is 11.1. The molecule has 3 N–H and O–H groups in total. The summed E-state index contributed by atoms with van der Waals surface area (Å²) in [5, 5.41) is 4.44. The molecule has 0 atom stereocenters. The molecule has 0 unspecified atom stereocenters. The van der Waals surface area contributed by atoms with Gasteiger partial charge < -0.3 is 15.8 Å². The van der Waals surface area contributed by atoms with Gasteiger partial charge in [0.2, 0.25) is 0 Å². The van der Waals surface area contributed by atoms with Gasteiger partial charge in [0.25, 0.3) is 11.8 Å². The second-order valence-electron chi connectivity index (χ2n) is 4.43. The second-order valence-corrected chi connectivity index (χ2v) is 5.34. The molecule has 2 aromatic rings. The first kappa shape index (κ1) is 16.4. The number of ether oxygens (including phenoxy) is 1. The number of amides is 2. The van der Waals surface area contributed by atoms with Gasteiger partial charge in [0.05, 0.1) is 5.56 Å². The predicted octanol–water partition coefficient (Wildman–Crippen LogP) is 2.04.